The second-order valence-corrected chi connectivity index (χ2v) is 9.23. The van der Waals surface area contributed by atoms with Gasteiger partial charge in [0, 0.05) is 18.6 Å². The summed E-state index contributed by atoms with van der Waals surface area (Å²) in [6, 6.07) is 8.52. The predicted octanol–water partition coefficient (Wildman–Crippen LogP) is 2.67. The van der Waals surface area contributed by atoms with E-state index in [9.17, 15) is 27.7 Å². The molecule has 0 fully saturated rings. The molecule has 0 radical (unpaired) electrons. The molecule has 8 nitrogen and oxygen atoms in total. The third-order valence-electron chi connectivity index (χ3n) is 4.10. The van der Waals surface area contributed by atoms with Gasteiger partial charge in [0.1, 0.15) is 5.82 Å². The first-order chi connectivity index (χ1) is 14.2. The van der Waals surface area contributed by atoms with Gasteiger partial charge in [-0.3, -0.25) is 14.9 Å². The number of hydrogen-bond acceptors (Lipinski definition) is 6. The van der Waals surface area contributed by atoms with Crippen molar-refractivity contribution < 1.29 is 22.5 Å². The average molecular weight is 447 g/mol. The molecule has 0 aliphatic carbocycles. The third kappa shape index (κ3) is 4.61. The van der Waals surface area contributed by atoms with Crippen molar-refractivity contribution in [3.8, 4) is 12.3 Å². The van der Waals surface area contributed by atoms with Gasteiger partial charge in [-0.05, 0) is 30.3 Å². The molecule has 1 amide bonds. The summed E-state index contributed by atoms with van der Waals surface area (Å²) in [4.78, 5) is 26.8. The Hall–Kier alpha value is -3.36. The Balaban J connectivity index is 1.89. The number of fused-ring (bicyclic) bond motifs is 1. The SMILES string of the molecule is C#CCn1c(=NC(=O)CCS(=O)(=O)c2ccc(F)cc2)sc2ccc([N+](=O)[O-])cc21. The molecule has 0 unspecified atom stereocenters. The summed E-state index contributed by atoms with van der Waals surface area (Å²) >= 11 is 1.11. The number of carbonyl (C=O) groups is 1. The lowest BCUT2D eigenvalue weighted by Crippen LogP contribution is -2.18. The summed E-state index contributed by atoms with van der Waals surface area (Å²) < 4.78 is 39.7. The molecule has 0 spiro atoms. The highest BCUT2D eigenvalue weighted by atomic mass is 32.2. The number of rotatable bonds is 6. The van der Waals surface area contributed by atoms with Crippen molar-refractivity contribution in [2.24, 2.45) is 4.99 Å². The van der Waals surface area contributed by atoms with E-state index in [4.69, 9.17) is 6.42 Å². The molecule has 1 aromatic heterocycles. The molecule has 154 valence electrons. The van der Waals surface area contributed by atoms with Crippen molar-refractivity contribution >= 4 is 43.0 Å². The van der Waals surface area contributed by atoms with Gasteiger partial charge >= 0.3 is 0 Å². The minimum atomic E-state index is -3.78. The number of hydrogen-bond donors (Lipinski definition) is 0. The minimum absolute atomic E-state index is 0.0289. The molecule has 11 heteroatoms. The smallest absolute Gasteiger partial charge is 0.271 e. The summed E-state index contributed by atoms with van der Waals surface area (Å²) in [5.74, 6) is 0.661. The second kappa shape index (κ2) is 8.56. The van der Waals surface area contributed by atoms with Crippen LogP contribution in [0.2, 0.25) is 0 Å². The topological polar surface area (TPSA) is 112 Å². The van der Waals surface area contributed by atoms with Crippen LogP contribution in [0, 0.1) is 28.3 Å². The van der Waals surface area contributed by atoms with Crippen LogP contribution >= 0.6 is 11.3 Å². The van der Waals surface area contributed by atoms with E-state index in [-0.39, 0.29) is 28.3 Å². The number of sulfone groups is 1. The fraction of sp³-hybridized carbons (Fsp3) is 0.158. The number of thiazole rings is 1. The van der Waals surface area contributed by atoms with Gasteiger partial charge < -0.3 is 4.57 Å². The van der Waals surface area contributed by atoms with Crippen LogP contribution in [0.1, 0.15) is 6.42 Å². The maximum atomic E-state index is 13.0. The number of carbonyl (C=O) groups excluding carboxylic acids is 1. The van der Waals surface area contributed by atoms with Gasteiger partial charge in [0.15, 0.2) is 14.6 Å². The number of non-ortho nitro benzene ring substituents is 1. The molecular formula is C19H14FN3O5S2. The zero-order valence-corrected chi connectivity index (χ0v) is 17.0. The molecule has 30 heavy (non-hydrogen) atoms. The van der Waals surface area contributed by atoms with Crippen LogP contribution in [0.15, 0.2) is 52.4 Å². The first kappa shape index (κ1) is 21.4. The summed E-state index contributed by atoms with van der Waals surface area (Å²) in [6.45, 7) is 0.0289. The number of nitrogens with zero attached hydrogens (tertiary/aromatic N) is 3. The summed E-state index contributed by atoms with van der Waals surface area (Å²) in [7, 11) is -3.78. The number of benzene rings is 2. The first-order valence-corrected chi connectivity index (χ1v) is 11.0. The molecule has 3 aromatic rings. The van der Waals surface area contributed by atoms with Crippen molar-refractivity contribution in [2.45, 2.75) is 17.9 Å². The highest BCUT2D eigenvalue weighted by Gasteiger charge is 2.17. The van der Waals surface area contributed by atoms with Gasteiger partial charge in [0.05, 0.1) is 32.3 Å². The number of terminal acetylenes is 1. The molecule has 2 aromatic carbocycles. The third-order valence-corrected chi connectivity index (χ3v) is 6.89. The molecular weight excluding hydrogens is 433 g/mol. The van der Waals surface area contributed by atoms with E-state index in [1.54, 1.807) is 0 Å². The van der Waals surface area contributed by atoms with Crippen molar-refractivity contribution in [2.75, 3.05) is 5.75 Å². The van der Waals surface area contributed by atoms with Crippen LogP contribution in [0.3, 0.4) is 0 Å². The van der Waals surface area contributed by atoms with E-state index in [0.29, 0.717) is 10.2 Å². The monoisotopic (exact) mass is 447 g/mol. The molecule has 0 aliphatic rings. The number of aromatic nitrogens is 1. The van der Waals surface area contributed by atoms with Crippen molar-refractivity contribution in [1.82, 2.24) is 4.57 Å². The molecule has 0 atom stereocenters. The molecule has 0 saturated carbocycles. The molecule has 0 saturated heterocycles. The second-order valence-electron chi connectivity index (χ2n) is 6.11. The number of halogens is 1. The maximum absolute atomic E-state index is 13.0. The van der Waals surface area contributed by atoms with Crippen LogP contribution < -0.4 is 4.80 Å². The first-order valence-electron chi connectivity index (χ1n) is 8.48. The Morgan fingerprint density at radius 2 is 1.97 bits per heavy atom. The van der Waals surface area contributed by atoms with Gasteiger partial charge in [0.25, 0.3) is 5.69 Å². The summed E-state index contributed by atoms with van der Waals surface area (Å²) in [5, 5.41) is 11.0. The lowest BCUT2D eigenvalue weighted by molar-refractivity contribution is -0.384. The molecule has 0 N–H and O–H groups in total. The standard InChI is InChI=1S/C19H14FN3O5S2/c1-2-10-22-16-12-14(23(25)26)5-8-17(16)29-19(22)21-18(24)9-11-30(27,28)15-6-3-13(20)4-7-15/h1,3-8,12H,9-11H2. The zero-order valence-electron chi connectivity index (χ0n) is 15.3. The molecule has 0 aliphatic heterocycles. The number of nitro benzene ring substituents is 1. The lowest BCUT2D eigenvalue weighted by Gasteiger charge is -2.03. The molecule has 0 bridgehead atoms. The van der Waals surface area contributed by atoms with Crippen molar-refractivity contribution in [3.63, 3.8) is 0 Å². The van der Waals surface area contributed by atoms with Gasteiger partial charge in [-0.2, -0.15) is 4.99 Å². The van der Waals surface area contributed by atoms with Gasteiger partial charge in [-0.1, -0.05) is 17.3 Å². The van der Waals surface area contributed by atoms with Crippen molar-refractivity contribution in [3.05, 3.63) is 63.2 Å². The lowest BCUT2D eigenvalue weighted by atomic mass is 10.3. The molecule has 1 heterocycles. The molecule has 3 rings (SSSR count). The van der Waals surface area contributed by atoms with Crippen LogP contribution in [0.25, 0.3) is 10.2 Å². The summed E-state index contributed by atoms with van der Waals surface area (Å²) in [6.07, 6.45) is 4.98. The average Bonchev–Trinajstić information content (AvgIpc) is 3.03. The maximum Gasteiger partial charge on any atom is 0.271 e. The van der Waals surface area contributed by atoms with Gasteiger partial charge in [-0.25, -0.2) is 12.8 Å². The normalized spacial score (nSPS) is 12.1. The number of amides is 1. The van der Waals surface area contributed by atoms with E-state index < -0.39 is 32.2 Å². The van der Waals surface area contributed by atoms with Gasteiger partial charge in [0.2, 0.25) is 5.91 Å². The fourth-order valence-corrected chi connectivity index (χ4v) is 4.90. The Kier molecular flexibility index (Phi) is 6.09. The van der Waals surface area contributed by atoms with Crippen LogP contribution in [-0.2, 0) is 21.2 Å². The van der Waals surface area contributed by atoms with E-state index in [2.05, 4.69) is 10.9 Å². The Morgan fingerprint density at radius 3 is 2.60 bits per heavy atom. The summed E-state index contributed by atoms with van der Waals surface area (Å²) in [5.41, 5.74) is 0.326. The quantitative estimate of drug-likeness (QED) is 0.250. The van der Waals surface area contributed by atoms with E-state index in [1.165, 1.54) is 22.8 Å². The van der Waals surface area contributed by atoms with E-state index in [1.807, 2.05) is 0 Å². The number of nitro groups is 1. The van der Waals surface area contributed by atoms with Crippen LogP contribution in [0.4, 0.5) is 10.1 Å². The highest BCUT2D eigenvalue weighted by molar-refractivity contribution is 7.91. The Labute approximate surface area is 174 Å². The van der Waals surface area contributed by atoms with E-state index >= 15 is 0 Å². The van der Waals surface area contributed by atoms with Gasteiger partial charge in [-0.15, -0.1) is 6.42 Å². The largest absolute Gasteiger partial charge is 0.304 e. The van der Waals surface area contributed by atoms with E-state index in [0.717, 1.165) is 35.6 Å². The Bertz CT molecular complexity index is 1350. The van der Waals surface area contributed by atoms with Crippen LogP contribution in [-0.4, -0.2) is 29.6 Å². The highest BCUT2D eigenvalue weighted by Crippen LogP contribution is 2.23. The predicted molar refractivity (Wildman–Crippen MR) is 109 cm³/mol. The van der Waals surface area contributed by atoms with Crippen LogP contribution in [0.5, 0.6) is 0 Å². The van der Waals surface area contributed by atoms with Crippen molar-refractivity contribution in [1.29, 1.82) is 0 Å². The zero-order chi connectivity index (χ0) is 21.9. The Morgan fingerprint density at radius 1 is 1.27 bits per heavy atom. The minimum Gasteiger partial charge on any atom is -0.304 e. The fourth-order valence-electron chi connectivity index (χ4n) is 2.64.